The monoisotopic (exact) mass is 602 g/mol. The molecule has 0 saturated carbocycles. The fraction of sp³-hybridized carbons (Fsp3) is 0.250. The second-order valence-electron chi connectivity index (χ2n) is 12.2. The van der Waals surface area contributed by atoms with Crippen LogP contribution in [0.3, 0.4) is 0 Å². The molecule has 3 nitrogen and oxygen atoms in total. The largest absolute Gasteiger partial charge is 0.380 e. The third-order valence-electron chi connectivity index (χ3n) is 9.61. The summed E-state index contributed by atoms with van der Waals surface area (Å²) in [5, 5.41) is 16.2. The van der Waals surface area contributed by atoms with E-state index in [4.69, 9.17) is 0 Å². The maximum absolute atomic E-state index is 13.9. The molecule has 2 unspecified atom stereocenters. The van der Waals surface area contributed by atoms with Gasteiger partial charge in [0.15, 0.2) is 0 Å². The first-order chi connectivity index (χ1) is 21.9. The Hall–Kier alpha value is -4.16. The Kier molecular flexibility index (Phi) is 9.22. The molecule has 0 spiro atoms. The molecule has 0 aromatic heterocycles. The van der Waals surface area contributed by atoms with E-state index in [1.165, 1.54) is 41.0 Å². The summed E-state index contributed by atoms with van der Waals surface area (Å²) in [6.07, 6.45) is 2.30. The molecule has 45 heavy (non-hydrogen) atoms. The molecule has 5 aromatic carbocycles. The van der Waals surface area contributed by atoms with Crippen molar-refractivity contribution in [2.24, 2.45) is 5.92 Å². The van der Waals surface area contributed by atoms with Gasteiger partial charge in [-0.15, -0.1) is 0 Å². The van der Waals surface area contributed by atoms with Crippen molar-refractivity contribution in [2.75, 3.05) is 20.1 Å². The molecule has 0 aliphatic carbocycles. The number of hydrogen-bond donors (Lipinski definition) is 2. The van der Waals surface area contributed by atoms with Crippen molar-refractivity contribution >= 4 is 0 Å². The van der Waals surface area contributed by atoms with Crippen molar-refractivity contribution in [3.8, 4) is 0 Å². The minimum atomic E-state index is -1.38. The highest BCUT2D eigenvalue weighted by atomic mass is 19.1. The molecule has 0 bridgehead atoms. The normalized spacial score (nSPS) is 17.4. The van der Waals surface area contributed by atoms with E-state index < -0.39 is 11.1 Å². The molecule has 1 aliphatic heterocycles. The Morgan fingerprint density at radius 3 is 1.49 bits per heavy atom. The van der Waals surface area contributed by atoms with E-state index in [1.807, 2.05) is 0 Å². The maximum atomic E-state index is 13.9. The first-order valence-electron chi connectivity index (χ1n) is 15.8. The van der Waals surface area contributed by atoms with E-state index in [-0.39, 0.29) is 23.6 Å². The molecule has 1 heterocycles. The highest BCUT2D eigenvalue weighted by molar-refractivity contribution is 5.49. The van der Waals surface area contributed by atoms with Gasteiger partial charge in [-0.05, 0) is 90.9 Å². The molecular formula is C40H40F2N2O. The van der Waals surface area contributed by atoms with Crippen LogP contribution in [0.15, 0.2) is 140 Å². The smallest absolute Gasteiger partial charge is 0.123 e. The van der Waals surface area contributed by atoms with Gasteiger partial charge in [-0.2, -0.15) is 0 Å². The van der Waals surface area contributed by atoms with Gasteiger partial charge in [0, 0.05) is 12.6 Å². The van der Waals surface area contributed by atoms with Crippen molar-refractivity contribution in [1.82, 2.24) is 10.2 Å². The average molecular weight is 603 g/mol. The lowest BCUT2D eigenvalue weighted by Crippen LogP contribution is -2.50. The summed E-state index contributed by atoms with van der Waals surface area (Å²) >= 11 is 0. The van der Waals surface area contributed by atoms with Crippen LogP contribution in [-0.4, -0.2) is 36.2 Å². The van der Waals surface area contributed by atoms with Gasteiger partial charge in [-0.3, -0.25) is 4.90 Å². The Labute approximate surface area is 265 Å². The minimum absolute atomic E-state index is 0.138. The van der Waals surface area contributed by atoms with Crippen LogP contribution in [-0.2, 0) is 11.1 Å². The van der Waals surface area contributed by atoms with Crippen LogP contribution in [0.5, 0.6) is 0 Å². The van der Waals surface area contributed by atoms with Gasteiger partial charge in [0.05, 0.1) is 5.54 Å². The van der Waals surface area contributed by atoms with Gasteiger partial charge in [0.2, 0.25) is 0 Å². The molecular weight excluding hydrogens is 562 g/mol. The van der Waals surface area contributed by atoms with Gasteiger partial charge >= 0.3 is 0 Å². The van der Waals surface area contributed by atoms with Crippen LogP contribution in [0.2, 0.25) is 0 Å². The Balaban J connectivity index is 1.31. The summed E-state index contributed by atoms with van der Waals surface area (Å²) in [5.41, 5.74) is 2.93. The van der Waals surface area contributed by atoms with Crippen molar-refractivity contribution in [3.63, 3.8) is 0 Å². The topological polar surface area (TPSA) is 35.5 Å². The zero-order chi connectivity index (χ0) is 31.3. The van der Waals surface area contributed by atoms with E-state index in [9.17, 15) is 13.9 Å². The summed E-state index contributed by atoms with van der Waals surface area (Å²) in [6.45, 7) is 1.53. The molecule has 2 N–H and O–H groups in total. The van der Waals surface area contributed by atoms with Gasteiger partial charge in [0.1, 0.15) is 17.2 Å². The van der Waals surface area contributed by atoms with Crippen molar-refractivity contribution in [2.45, 2.75) is 36.4 Å². The van der Waals surface area contributed by atoms with E-state index in [1.54, 1.807) is 24.3 Å². The number of rotatable bonds is 10. The third-order valence-corrected chi connectivity index (χ3v) is 9.61. The first kappa shape index (κ1) is 30.8. The summed E-state index contributed by atoms with van der Waals surface area (Å²) < 4.78 is 27.9. The van der Waals surface area contributed by atoms with Gasteiger partial charge in [-0.1, -0.05) is 115 Å². The number of aliphatic hydroxyl groups is 1. The lowest BCUT2D eigenvalue weighted by atomic mass is 9.70. The van der Waals surface area contributed by atoms with Crippen LogP contribution < -0.4 is 5.32 Å². The highest BCUT2D eigenvalue weighted by Gasteiger charge is 2.44. The summed E-state index contributed by atoms with van der Waals surface area (Å²) in [6, 6.07) is 44.3. The van der Waals surface area contributed by atoms with Gasteiger partial charge in [0.25, 0.3) is 0 Å². The lowest BCUT2D eigenvalue weighted by Gasteiger charge is -2.45. The molecule has 0 amide bonds. The van der Waals surface area contributed by atoms with Crippen LogP contribution in [0.25, 0.3) is 0 Å². The van der Waals surface area contributed by atoms with Crippen LogP contribution in [0.1, 0.15) is 47.1 Å². The zero-order valence-electron chi connectivity index (χ0n) is 25.6. The van der Waals surface area contributed by atoms with Crippen molar-refractivity contribution < 1.29 is 13.9 Å². The Morgan fingerprint density at radius 2 is 1.07 bits per heavy atom. The standard InChI is InChI=1S/C40H40F2N2O/c1-44(39(30-11-5-2-6-12-30,31-13-7-3-8-14-31)32-15-9-4-10-16-32)28-26-38-29-35(25-27-43-38)40(45,33-17-21-36(41)22-18-33)34-19-23-37(42)24-20-34/h2-24,35,38,43,45H,25-29H2,1H3. The Bertz CT molecular complexity index is 1500. The third kappa shape index (κ3) is 6.08. The number of hydrogen-bond acceptors (Lipinski definition) is 3. The number of piperidine rings is 1. The SMILES string of the molecule is CN(CCC1CC(C(O)(c2ccc(F)cc2)c2ccc(F)cc2)CCN1)C(c1ccccc1)(c1ccccc1)c1ccccc1. The predicted octanol–water partition coefficient (Wildman–Crippen LogP) is 7.88. The van der Waals surface area contributed by atoms with Gasteiger partial charge < -0.3 is 10.4 Å². The van der Waals surface area contributed by atoms with E-state index in [0.717, 1.165) is 25.9 Å². The number of nitrogens with zero attached hydrogens (tertiary/aromatic N) is 1. The van der Waals surface area contributed by atoms with Crippen LogP contribution in [0.4, 0.5) is 8.78 Å². The molecule has 5 heteroatoms. The second-order valence-corrected chi connectivity index (χ2v) is 12.2. The fourth-order valence-electron chi connectivity index (χ4n) is 7.37. The minimum Gasteiger partial charge on any atom is -0.380 e. The van der Waals surface area contributed by atoms with Crippen molar-refractivity contribution in [3.05, 3.63) is 179 Å². The Morgan fingerprint density at radius 1 is 0.644 bits per heavy atom. The molecule has 1 fully saturated rings. The number of benzene rings is 5. The zero-order valence-corrected chi connectivity index (χ0v) is 25.6. The first-order valence-corrected chi connectivity index (χ1v) is 15.8. The molecule has 5 aromatic rings. The average Bonchev–Trinajstić information content (AvgIpc) is 3.09. The molecule has 1 aliphatic rings. The van der Waals surface area contributed by atoms with E-state index in [0.29, 0.717) is 17.5 Å². The summed E-state index contributed by atoms with van der Waals surface area (Å²) in [4.78, 5) is 2.45. The van der Waals surface area contributed by atoms with E-state index in [2.05, 4.69) is 108 Å². The van der Waals surface area contributed by atoms with E-state index >= 15 is 0 Å². The maximum Gasteiger partial charge on any atom is 0.123 e. The molecule has 6 rings (SSSR count). The lowest BCUT2D eigenvalue weighted by molar-refractivity contribution is -0.00647. The number of halogens is 2. The highest BCUT2D eigenvalue weighted by Crippen LogP contribution is 2.44. The van der Waals surface area contributed by atoms with Crippen LogP contribution in [0, 0.1) is 17.6 Å². The summed E-state index contributed by atoms with van der Waals surface area (Å²) in [7, 11) is 2.20. The second kappa shape index (κ2) is 13.5. The predicted molar refractivity (Wildman–Crippen MR) is 177 cm³/mol. The fourth-order valence-corrected chi connectivity index (χ4v) is 7.37. The van der Waals surface area contributed by atoms with Gasteiger partial charge in [-0.25, -0.2) is 8.78 Å². The molecule has 0 radical (unpaired) electrons. The molecule has 230 valence electrons. The van der Waals surface area contributed by atoms with Crippen molar-refractivity contribution in [1.29, 1.82) is 0 Å². The summed E-state index contributed by atoms with van der Waals surface area (Å²) in [5.74, 6) is -0.859. The molecule has 1 saturated heterocycles. The quantitative estimate of drug-likeness (QED) is 0.160. The van der Waals surface area contributed by atoms with Crippen LogP contribution >= 0.6 is 0 Å². The number of nitrogens with one attached hydrogen (secondary N) is 1. The molecule has 2 atom stereocenters.